The van der Waals surface area contributed by atoms with Crippen molar-refractivity contribution in [1.82, 2.24) is 25.0 Å². The lowest BCUT2D eigenvalue weighted by Gasteiger charge is -2.22. The van der Waals surface area contributed by atoms with Gasteiger partial charge in [-0.15, -0.1) is 0 Å². The SMILES string of the molecule is CCNC(=NCC(C)Oc1ccc(F)cc1)N(C)Cc1ncnn1C. The first-order chi connectivity index (χ1) is 12.0. The minimum atomic E-state index is -0.280. The predicted octanol–water partition coefficient (Wildman–Crippen LogP) is 1.82. The van der Waals surface area contributed by atoms with Crippen molar-refractivity contribution in [3.63, 3.8) is 0 Å². The fraction of sp³-hybridized carbons (Fsp3) is 0.471. The van der Waals surface area contributed by atoms with Crippen LogP contribution in [0.15, 0.2) is 35.6 Å². The zero-order chi connectivity index (χ0) is 18.2. The number of aliphatic imine (C=N–C) groups is 1. The molecule has 2 rings (SSSR count). The third-order valence-electron chi connectivity index (χ3n) is 3.53. The number of nitrogens with zero attached hydrogens (tertiary/aromatic N) is 5. The molecule has 0 amide bonds. The molecule has 0 fully saturated rings. The van der Waals surface area contributed by atoms with Crippen LogP contribution in [0, 0.1) is 5.82 Å². The summed E-state index contributed by atoms with van der Waals surface area (Å²) in [5, 5.41) is 7.33. The molecule has 2 aromatic rings. The van der Waals surface area contributed by atoms with Gasteiger partial charge < -0.3 is 15.0 Å². The maximum atomic E-state index is 12.9. The number of hydrogen-bond donors (Lipinski definition) is 1. The third-order valence-corrected chi connectivity index (χ3v) is 3.53. The molecule has 0 bridgehead atoms. The quantitative estimate of drug-likeness (QED) is 0.611. The van der Waals surface area contributed by atoms with Crippen LogP contribution in [0.1, 0.15) is 19.7 Å². The number of nitrogens with one attached hydrogen (secondary N) is 1. The van der Waals surface area contributed by atoms with E-state index in [1.165, 1.54) is 18.5 Å². The Morgan fingerprint density at radius 2 is 2.12 bits per heavy atom. The number of guanidine groups is 1. The highest BCUT2D eigenvalue weighted by Crippen LogP contribution is 2.13. The molecule has 1 unspecified atom stereocenters. The van der Waals surface area contributed by atoms with Gasteiger partial charge in [0.1, 0.15) is 29.8 Å². The molecule has 7 nitrogen and oxygen atoms in total. The Balaban J connectivity index is 1.95. The second kappa shape index (κ2) is 9.00. The Bertz CT molecular complexity index is 685. The summed E-state index contributed by atoms with van der Waals surface area (Å²) >= 11 is 0. The van der Waals surface area contributed by atoms with Gasteiger partial charge in [-0.3, -0.25) is 4.68 Å². The van der Waals surface area contributed by atoms with E-state index < -0.39 is 0 Å². The summed E-state index contributed by atoms with van der Waals surface area (Å²) in [7, 11) is 3.81. The van der Waals surface area contributed by atoms with Crippen molar-refractivity contribution >= 4 is 5.96 Å². The van der Waals surface area contributed by atoms with Crippen LogP contribution in [0.4, 0.5) is 4.39 Å². The predicted molar refractivity (Wildman–Crippen MR) is 94.9 cm³/mol. The van der Waals surface area contributed by atoms with E-state index in [4.69, 9.17) is 4.74 Å². The van der Waals surface area contributed by atoms with Gasteiger partial charge in [-0.25, -0.2) is 14.4 Å². The first-order valence-electron chi connectivity index (χ1n) is 8.24. The molecule has 0 saturated carbocycles. The standard InChI is InChI=1S/C17H25FN6O/c1-5-19-17(23(3)11-16-21-12-22-24(16)4)20-10-13(2)25-15-8-6-14(18)7-9-15/h6-9,12-13H,5,10-11H2,1-4H3,(H,19,20). The smallest absolute Gasteiger partial charge is 0.194 e. The Kier molecular flexibility index (Phi) is 6.73. The van der Waals surface area contributed by atoms with Crippen LogP contribution < -0.4 is 10.1 Å². The fourth-order valence-corrected chi connectivity index (χ4v) is 2.22. The van der Waals surface area contributed by atoms with Gasteiger partial charge in [-0.2, -0.15) is 5.10 Å². The molecule has 136 valence electrons. The van der Waals surface area contributed by atoms with E-state index in [0.29, 0.717) is 18.8 Å². The molecular formula is C17H25FN6O. The van der Waals surface area contributed by atoms with Gasteiger partial charge in [-0.1, -0.05) is 0 Å². The van der Waals surface area contributed by atoms with Gasteiger partial charge in [0.2, 0.25) is 0 Å². The number of aromatic nitrogens is 3. The van der Waals surface area contributed by atoms with E-state index in [-0.39, 0.29) is 11.9 Å². The third kappa shape index (κ3) is 5.74. The molecule has 0 radical (unpaired) electrons. The Morgan fingerprint density at radius 1 is 1.40 bits per heavy atom. The molecule has 0 aliphatic rings. The van der Waals surface area contributed by atoms with Crippen molar-refractivity contribution in [3.05, 3.63) is 42.2 Å². The lowest BCUT2D eigenvalue weighted by Crippen LogP contribution is -2.39. The maximum absolute atomic E-state index is 12.9. The average Bonchev–Trinajstić information content (AvgIpc) is 2.98. The molecule has 25 heavy (non-hydrogen) atoms. The molecular weight excluding hydrogens is 323 g/mol. The van der Waals surface area contributed by atoms with Crippen molar-refractivity contribution in [3.8, 4) is 5.75 Å². The monoisotopic (exact) mass is 348 g/mol. The van der Waals surface area contributed by atoms with Crippen molar-refractivity contribution in [1.29, 1.82) is 0 Å². The molecule has 0 spiro atoms. The lowest BCUT2D eigenvalue weighted by atomic mass is 10.3. The summed E-state index contributed by atoms with van der Waals surface area (Å²) in [6.07, 6.45) is 1.40. The molecule has 8 heteroatoms. The van der Waals surface area contributed by atoms with Crippen LogP contribution >= 0.6 is 0 Å². The highest BCUT2D eigenvalue weighted by molar-refractivity contribution is 5.79. The number of benzene rings is 1. The van der Waals surface area contributed by atoms with Crippen molar-refractivity contribution < 1.29 is 9.13 Å². The highest BCUT2D eigenvalue weighted by Gasteiger charge is 2.11. The van der Waals surface area contributed by atoms with Crippen molar-refractivity contribution in [2.75, 3.05) is 20.1 Å². The second-order valence-electron chi connectivity index (χ2n) is 5.73. The molecule has 1 aromatic heterocycles. The van der Waals surface area contributed by atoms with Crippen LogP contribution in [0.2, 0.25) is 0 Å². The highest BCUT2D eigenvalue weighted by atomic mass is 19.1. The van der Waals surface area contributed by atoms with Crippen LogP contribution in [0.5, 0.6) is 5.75 Å². The van der Waals surface area contributed by atoms with Gasteiger partial charge in [0.05, 0.1) is 13.1 Å². The Hall–Kier alpha value is -2.64. The summed E-state index contributed by atoms with van der Waals surface area (Å²) in [4.78, 5) is 10.8. The molecule has 0 saturated heterocycles. The lowest BCUT2D eigenvalue weighted by molar-refractivity contribution is 0.229. The number of rotatable bonds is 7. The van der Waals surface area contributed by atoms with Crippen molar-refractivity contribution in [2.24, 2.45) is 12.0 Å². The van der Waals surface area contributed by atoms with Gasteiger partial charge in [0.15, 0.2) is 5.96 Å². The summed E-state index contributed by atoms with van der Waals surface area (Å²) in [6.45, 7) is 5.77. The largest absolute Gasteiger partial charge is 0.489 e. The first kappa shape index (κ1) is 18.7. The minimum Gasteiger partial charge on any atom is -0.489 e. The Labute approximate surface area is 147 Å². The average molecular weight is 348 g/mol. The number of halogens is 1. The molecule has 1 aromatic carbocycles. The van der Waals surface area contributed by atoms with E-state index in [2.05, 4.69) is 20.4 Å². The van der Waals surface area contributed by atoms with E-state index in [9.17, 15) is 4.39 Å². The van der Waals surface area contributed by atoms with E-state index in [1.807, 2.05) is 32.8 Å². The topological polar surface area (TPSA) is 67.6 Å². The summed E-state index contributed by atoms with van der Waals surface area (Å²) in [6, 6.07) is 5.98. The molecule has 0 aliphatic carbocycles. The van der Waals surface area contributed by atoms with Gasteiger partial charge in [0, 0.05) is 20.6 Å². The number of ether oxygens (including phenoxy) is 1. The van der Waals surface area contributed by atoms with Crippen LogP contribution in [0.3, 0.4) is 0 Å². The van der Waals surface area contributed by atoms with Gasteiger partial charge in [-0.05, 0) is 38.1 Å². The summed E-state index contributed by atoms with van der Waals surface area (Å²) < 4.78 is 20.4. The van der Waals surface area contributed by atoms with Gasteiger partial charge in [0.25, 0.3) is 0 Å². The second-order valence-corrected chi connectivity index (χ2v) is 5.73. The molecule has 1 heterocycles. The molecule has 1 N–H and O–H groups in total. The van der Waals surface area contributed by atoms with Crippen molar-refractivity contribution in [2.45, 2.75) is 26.5 Å². The fourth-order valence-electron chi connectivity index (χ4n) is 2.22. The summed E-state index contributed by atoms with van der Waals surface area (Å²) in [5.74, 6) is 1.96. The first-order valence-corrected chi connectivity index (χ1v) is 8.24. The molecule has 0 aliphatic heterocycles. The zero-order valence-electron chi connectivity index (χ0n) is 15.1. The van der Waals surface area contributed by atoms with Crippen LogP contribution in [-0.4, -0.2) is 51.9 Å². The van der Waals surface area contributed by atoms with Crippen LogP contribution in [0.25, 0.3) is 0 Å². The maximum Gasteiger partial charge on any atom is 0.194 e. The van der Waals surface area contributed by atoms with E-state index in [1.54, 1.807) is 16.8 Å². The van der Waals surface area contributed by atoms with Crippen LogP contribution in [-0.2, 0) is 13.6 Å². The number of aryl methyl sites for hydroxylation is 1. The summed E-state index contributed by atoms with van der Waals surface area (Å²) in [5.41, 5.74) is 0. The minimum absolute atomic E-state index is 0.137. The van der Waals surface area contributed by atoms with Gasteiger partial charge >= 0.3 is 0 Å². The van der Waals surface area contributed by atoms with E-state index >= 15 is 0 Å². The van der Waals surface area contributed by atoms with E-state index in [0.717, 1.165) is 18.3 Å². The molecule has 1 atom stereocenters. The zero-order valence-corrected chi connectivity index (χ0v) is 15.1. The Morgan fingerprint density at radius 3 is 2.72 bits per heavy atom. The number of hydrogen-bond acceptors (Lipinski definition) is 4. The normalized spacial score (nSPS) is 12.8.